The summed E-state index contributed by atoms with van der Waals surface area (Å²) in [6, 6.07) is 3.25. The van der Waals surface area contributed by atoms with Gasteiger partial charge in [-0.05, 0) is 30.5 Å². The Morgan fingerprint density at radius 1 is 1.42 bits per heavy atom. The molecular weight excluding hydrogens is 336 g/mol. The van der Waals surface area contributed by atoms with Crippen molar-refractivity contribution in [1.82, 2.24) is 10.2 Å². The van der Waals surface area contributed by atoms with Crippen molar-refractivity contribution >= 4 is 29.4 Å². The highest BCUT2D eigenvalue weighted by molar-refractivity contribution is 6.32. The molecule has 0 radical (unpaired) electrons. The number of carboxylic acid groups (broad SMARTS) is 1. The number of nitrogens with zero attached hydrogens (tertiary/aromatic N) is 1. The van der Waals surface area contributed by atoms with Crippen LogP contribution in [0.1, 0.15) is 30.9 Å². The van der Waals surface area contributed by atoms with Crippen molar-refractivity contribution in [3.8, 4) is 5.75 Å². The van der Waals surface area contributed by atoms with Crippen molar-refractivity contribution in [1.29, 1.82) is 0 Å². The van der Waals surface area contributed by atoms with Crippen LogP contribution in [0.15, 0.2) is 18.2 Å². The molecule has 8 heteroatoms. The molecule has 1 unspecified atom stereocenters. The van der Waals surface area contributed by atoms with Gasteiger partial charge in [-0.15, -0.1) is 0 Å². The molecule has 2 rings (SSSR count). The maximum atomic E-state index is 12.1. The minimum Gasteiger partial charge on any atom is -0.495 e. The van der Waals surface area contributed by atoms with Crippen molar-refractivity contribution in [2.45, 2.75) is 25.3 Å². The van der Waals surface area contributed by atoms with Crippen molar-refractivity contribution in [2.75, 3.05) is 20.2 Å². The number of halogens is 1. The largest absolute Gasteiger partial charge is 0.495 e. The highest BCUT2D eigenvalue weighted by Crippen LogP contribution is 2.27. The number of carbonyl (C=O) groups is 3. The fourth-order valence-corrected chi connectivity index (χ4v) is 2.82. The summed E-state index contributed by atoms with van der Waals surface area (Å²) in [7, 11) is 1.45. The third-order valence-electron chi connectivity index (χ3n) is 3.82. The van der Waals surface area contributed by atoms with Gasteiger partial charge in [0, 0.05) is 13.0 Å². The molecule has 2 amide bonds. The van der Waals surface area contributed by atoms with Crippen molar-refractivity contribution in [3.63, 3.8) is 0 Å². The summed E-state index contributed by atoms with van der Waals surface area (Å²) in [5.74, 6) is -1.41. The Balaban J connectivity index is 2.08. The number of ether oxygens (including phenoxy) is 1. The van der Waals surface area contributed by atoms with Gasteiger partial charge in [0.15, 0.2) is 6.04 Å². The molecule has 1 heterocycles. The van der Waals surface area contributed by atoms with Crippen LogP contribution in [-0.4, -0.2) is 48.0 Å². The van der Waals surface area contributed by atoms with Crippen LogP contribution in [0.3, 0.4) is 0 Å². The van der Waals surface area contributed by atoms with Crippen LogP contribution in [0.5, 0.6) is 5.75 Å². The Morgan fingerprint density at radius 2 is 2.17 bits per heavy atom. The number of benzene rings is 1. The summed E-state index contributed by atoms with van der Waals surface area (Å²) < 4.78 is 5.02. The van der Waals surface area contributed by atoms with Gasteiger partial charge in [0.1, 0.15) is 5.75 Å². The number of aliphatic carboxylic acids is 1. The van der Waals surface area contributed by atoms with Crippen LogP contribution < -0.4 is 10.1 Å². The van der Waals surface area contributed by atoms with Gasteiger partial charge in [-0.1, -0.05) is 17.7 Å². The van der Waals surface area contributed by atoms with E-state index in [9.17, 15) is 19.5 Å². The summed E-state index contributed by atoms with van der Waals surface area (Å²) in [5, 5.41) is 12.1. The molecule has 0 bridgehead atoms. The van der Waals surface area contributed by atoms with E-state index >= 15 is 0 Å². The maximum absolute atomic E-state index is 12.1. The van der Waals surface area contributed by atoms with Gasteiger partial charge < -0.3 is 20.1 Å². The molecule has 24 heavy (non-hydrogen) atoms. The number of nitrogens with one attached hydrogen (secondary N) is 1. The molecule has 1 aromatic carbocycles. The van der Waals surface area contributed by atoms with E-state index < -0.39 is 17.9 Å². The summed E-state index contributed by atoms with van der Waals surface area (Å²) >= 11 is 6.01. The molecule has 2 N–H and O–H groups in total. The average Bonchev–Trinajstić information content (AvgIpc) is 2.54. The molecule has 1 saturated heterocycles. The molecule has 0 aromatic heterocycles. The molecule has 130 valence electrons. The first-order valence-corrected chi connectivity index (χ1v) is 7.93. The number of hydrogen-bond donors (Lipinski definition) is 2. The number of piperidine rings is 1. The second-order valence-corrected chi connectivity index (χ2v) is 5.91. The summed E-state index contributed by atoms with van der Waals surface area (Å²) in [6.07, 6.45) is 2.08. The third kappa shape index (κ3) is 4.38. The van der Waals surface area contributed by atoms with E-state index in [1.165, 1.54) is 30.2 Å². The number of carbonyl (C=O) groups excluding carboxylic acids is 2. The Kier molecular flexibility index (Phi) is 6.03. The van der Waals surface area contributed by atoms with Crippen LogP contribution in [0.25, 0.3) is 0 Å². The quantitative estimate of drug-likeness (QED) is 0.809. The van der Waals surface area contributed by atoms with Crippen molar-refractivity contribution < 1.29 is 24.2 Å². The van der Waals surface area contributed by atoms with Gasteiger partial charge in [0.2, 0.25) is 11.8 Å². The number of hydrogen-bond acceptors (Lipinski definition) is 4. The lowest BCUT2D eigenvalue weighted by Crippen LogP contribution is -2.45. The third-order valence-corrected chi connectivity index (χ3v) is 4.11. The standard InChI is InChI=1S/C16H19ClN2O5/c1-24-12-6-5-10(8-11(12)17)15(16(22)23)18-13(20)9-19-7-3-2-4-14(19)21/h5-6,8,15H,2-4,7,9H2,1H3,(H,18,20)(H,22,23). The van der Waals surface area contributed by atoms with Crippen LogP contribution >= 0.6 is 11.6 Å². The minimum atomic E-state index is -1.25. The lowest BCUT2D eigenvalue weighted by Gasteiger charge is -2.26. The molecule has 1 aliphatic rings. The topological polar surface area (TPSA) is 95.9 Å². The zero-order valence-corrected chi connectivity index (χ0v) is 14.0. The number of methoxy groups -OCH3 is 1. The van der Waals surface area contributed by atoms with Gasteiger partial charge in [-0.3, -0.25) is 9.59 Å². The second kappa shape index (κ2) is 8.01. The van der Waals surface area contributed by atoms with Gasteiger partial charge in [-0.2, -0.15) is 0 Å². The Labute approximate surface area is 144 Å². The summed E-state index contributed by atoms with van der Waals surface area (Å²) in [4.78, 5) is 36.8. The first kappa shape index (κ1) is 18.1. The number of likely N-dealkylation sites (tertiary alicyclic amines) is 1. The van der Waals surface area contributed by atoms with Crippen molar-refractivity contribution in [3.05, 3.63) is 28.8 Å². The monoisotopic (exact) mass is 354 g/mol. The molecule has 1 atom stereocenters. The Bertz CT molecular complexity index is 649. The molecular formula is C16H19ClN2O5. The highest BCUT2D eigenvalue weighted by Gasteiger charge is 2.26. The summed E-state index contributed by atoms with van der Waals surface area (Å²) in [5.41, 5.74) is 0.326. The number of amides is 2. The molecule has 1 fully saturated rings. The lowest BCUT2D eigenvalue weighted by atomic mass is 10.1. The van der Waals surface area contributed by atoms with Crippen LogP contribution in [0.4, 0.5) is 0 Å². The van der Waals surface area contributed by atoms with E-state index in [0.29, 0.717) is 24.3 Å². The lowest BCUT2D eigenvalue weighted by molar-refractivity contribution is -0.143. The number of carboxylic acids is 1. The van der Waals surface area contributed by atoms with Gasteiger partial charge in [0.25, 0.3) is 0 Å². The Hall–Kier alpha value is -2.28. The smallest absolute Gasteiger partial charge is 0.330 e. The maximum Gasteiger partial charge on any atom is 0.330 e. The fourth-order valence-electron chi connectivity index (χ4n) is 2.56. The first-order chi connectivity index (χ1) is 11.4. The van der Waals surface area contributed by atoms with E-state index in [2.05, 4.69) is 5.32 Å². The van der Waals surface area contributed by atoms with Crippen LogP contribution in [0, 0.1) is 0 Å². The van der Waals surface area contributed by atoms with Crippen LogP contribution in [-0.2, 0) is 14.4 Å². The zero-order chi connectivity index (χ0) is 17.7. The van der Waals surface area contributed by atoms with E-state index in [0.717, 1.165) is 12.8 Å². The molecule has 7 nitrogen and oxygen atoms in total. The van der Waals surface area contributed by atoms with Gasteiger partial charge in [0.05, 0.1) is 18.7 Å². The number of rotatable bonds is 6. The van der Waals surface area contributed by atoms with E-state index in [1.54, 1.807) is 0 Å². The van der Waals surface area contributed by atoms with E-state index in [4.69, 9.17) is 16.3 Å². The van der Waals surface area contributed by atoms with E-state index in [1.807, 2.05) is 0 Å². The average molecular weight is 355 g/mol. The van der Waals surface area contributed by atoms with Crippen LogP contribution in [0.2, 0.25) is 5.02 Å². The predicted molar refractivity (Wildman–Crippen MR) is 87.0 cm³/mol. The Morgan fingerprint density at radius 3 is 2.75 bits per heavy atom. The molecule has 0 spiro atoms. The predicted octanol–water partition coefficient (Wildman–Crippen LogP) is 1.60. The fraction of sp³-hybridized carbons (Fsp3) is 0.438. The SMILES string of the molecule is COc1ccc(C(NC(=O)CN2CCCCC2=O)C(=O)O)cc1Cl. The minimum absolute atomic E-state index is 0.0873. The zero-order valence-electron chi connectivity index (χ0n) is 13.3. The highest BCUT2D eigenvalue weighted by atomic mass is 35.5. The molecule has 1 aliphatic heterocycles. The van der Waals surface area contributed by atoms with Gasteiger partial charge >= 0.3 is 5.97 Å². The van der Waals surface area contributed by atoms with Gasteiger partial charge in [-0.25, -0.2) is 4.79 Å². The van der Waals surface area contributed by atoms with Crippen molar-refractivity contribution in [2.24, 2.45) is 0 Å². The molecule has 0 aliphatic carbocycles. The summed E-state index contributed by atoms with van der Waals surface area (Å²) in [6.45, 7) is 0.366. The van der Waals surface area contributed by atoms with E-state index in [-0.39, 0.29) is 17.5 Å². The normalized spacial score (nSPS) is 15.8. The molecule has 0 saturated carbocycles. The molecule has 1 aromatic rings. The second-order valence-electron chi connectivity index (χ2n) is 5.51. The first-order valence-electron chi connectivity index (χ1n) is 7.55.